The van der Waals surface area contributed by atoms with Gasteiger partial charge in [0.05, 0.1) is 18.4 Å². The Kier molecular flexibility index (Phi) is 6.41. The number of para-hydroxylation sites is 1. The van der Waals surface area contributed by atoms with E-state index in [9.17, 15) is 9.59 Å². The minimum Gasteiger partial charge on any atom is -0.465 e. The van der Waals surface area contributed by atoms with Crippen LogP contribution in [0.25, 0.3) is 0 Å². The summed E-state index contributed by atoms with van der Waals surface area (Å²) in [5, 5.41) is 2.85. The lowest BCUT2D eigenvalue weighted by molar-refractivity contribution is 0.0602. The zero-order valence-corrected chi connectivity index (χ0v) is 15.7. The van der Waals surface area contributed by atoms with Gasteiger partial charge in [0.2, 0.25) is 0 Å². The Morgan fingerprint density at radius 1 is 0.786 bits per heavy atom. The Morgan fingerprint density at radius 3 is 1.82 bits per heavy atom. The third kappa shape index (κ3) is 4.98. The van der Waals surface area contributed by atoms with Gasteiger partial charge in [-0.25, -0.2) is 9.59 Å². The number of ether oxygens (including phenoxy) is 1. The molecule has 3 aromatic carbocycles. The number of hydrogen-bond donors (Lipinski definition) is 1. The van der Waals surface area contributed by atoms with E-state index in [0.717, 1.165) is 11.1 Å². The van der Waals surface area contributed by atoms with Crippen LogP contribution < -0.4 is 5.32 Å². The highest BCUT2D eigenvalue weighted by molar-refractivity contribution is 6.00. The number of carbonyl (C=O) groups excluding carboxylic acids is 2. The number of esters is 1. The summed E-state index contributed by atoms with van der Waals surface area (Å²) >= 11 is 0. The lowest BCUT2D eigenvalue weighted by atomic mass is 10.1. The Morgan fingerprint density at radius 2 is 1.29 bits per heavy atom. The standard InChI is InChI=1S/C23H22N2O3/c1-28-22(26)20-14-8-9-15-21(20)24-23(27)25(16-18-10-4-2-5-11-18)17-19-12-6-3-7-13-19/h2-15H,16-17H2,1H3,(H,24,27). The van der Waals surface area contributed by atoms with Crippen LogP contribution >= 0.6 is 0 Å². The Labute approximate surface area is 164 Å². The van der Waals surface area contributed by atoms with Crippen molar-refractivity contribution in [3.05, 3.63) is 102 Å². The van der Waals surface area contributed by atoms with Crippen molar-refractivity contribution in [2.24, 2.45) is 0 Å². The van der Waals surface area contributed by atoms with Crippen LogP contribution in [0.3, 0.4) is 0 Å². The first-order valence-electron chi connectivity index (χ1n) is 8.98. The van der Waals surface area contributed by atoms with E-state index in [-0.39, 0.29) is 6.03 Å². The lowest BCUT2D eigenvalue weighted by Gasteiger charge is -2.24. The molecule has 0 atom stereocenters. The zero-order valence-electron chi connectivity index (χ0n) is 15.7. The van der Waals surface area contributed by atoms with Crippen molar-refractivity contribution in [3.8, 4) is 0 Å². The van der Waals surface area contributed by atoms with E-state index in [0.29, 0.717) is 24.3 Å². The van der Waals surface area contributed by atoms with Crippen molar-refractivity contribution >= 4 is 17.7 Å². The van der Waals surface area contributed by atoms with E-state index in [2.05, 4.69) is 5.32 Å². The second-order valence-electron chi connectivity index (χ2n) is 6.29. The van der Waals surface area contributed by atoms with Crippen molar-refractivity contribution in [3.63, 3.8) is 0 Å². The van der Waals surface area contributed by atoms with Gasteiger partial charge in [-0.15, -0.1) is 0 Å². The van der Waals surface area contributed by atoms with E-state index < -0.39 is 5.97 Å². The van der Waals surface area contributed by atoms with E-state index in [1.807, 2.05) is 60.7 Å². The average Bonchev–Trinajstić information content (AvgIpc) is 2.74. The second-order valence-corrected chi connectivity index (χ2v) is 6.29. The van der Waals surface area contributed by atoms with Gasteiger partial charge in [0.1, 0.15) is 0 Å². The monoisotopic (exact) mass is 374 g/mol. The van der Waals surface area contributed by atoms with Gasteiger partial charge >= 0.3 is 12.0 Å². The van der Waals surface area contributed by atoms with Gasteiger partial charge < -0.3 is 15.0 Å². The molecular weight excluding hydrogens is 352 g/mol. The summed E-state index contributed by atoms with van der Waals surface area (Å²) in [6.07, 6.45) is 0. The highest BCUT2D eigenvalue weighted by Crippen LogP contribution is 2.18. The number of benzene rings is 3. The summed E-state index contributed by atoms with van der Waals surface area (Å²) in [5.41, 5.74) is 2.79. The number of nitrogens with zero attached hydrogens (tertiary/aromatic N) is 1. The molecule has 0 saturated heterocycles. The molecular formula is C23H22N2O3. The van der Waals surface area contributed by atoms with Crippen LogP contribution in [0.5, 0.6) is 0 Å². The molecule has 0 bridgehead atoms. The number of carbonyl (C=O) groups is 2. The van der Waals surface area contributed by atoms with Crippen molar-refractivity contribution in [1.82, 2.24) is 4.90 Å². The minimum atomic E-state index is -0.492. The molecule has 142 valence electrons. The number of hydrogen-bond acceptors (Lipinski definition) is 3. The average molecular weight is 374 g/mol. The maximum Gasteiger partial charge on any atom is 0.339 e. The predicted molar refractivity (Wildman–Crippen MR) is 109 cm³/mol. The molecule has 0 saturated carbocycles. The first-order valence-corrected chi connectivity index (χ1v) is 8.98. The summed E-state index contributed by atoms with van der Waals surface area (Å²) in [6, 6.07) is 26.1. The van der Waals surface area contributed by atoms with Crippen LogP contribution in [0.2, 0.25) is 0 Å². The number of urea groups is 1. The second kappa shape index (κ2) is 9.37. The Hall–Kier alpha value is -3.60. The molecule has 2 amide bonds. The van der Waals surface area contributed by atoms with E-state index in [1.165, 1.54) is 7.11 Å². The molecule has 0 aliphatic heterocycles. The fourth-order valence-corrected chi connectivity index (χ4v) is 2.88. The Bertz CT molecular complexity index is 885. The molecule has 0 fully saturated rings. The molecule has 0 aromatic heterocycles. The van der Waals surface area contributed by atoms with Crippen LogP contribution in [0, 0.1) is 0 Å². The quantitative estimate of drug-likeness (QED) is 0.636. The zero-order chi connectivity index (χ0) is 19.8. The predicted octanol–water partition coefficient (Wildman–Crippen LogP) is 4.71. The van der Waals surface area contributed by atoms with Crippen LogP contribution in [-0.4, -0.2) is 24.0 Å². The first kappa shape index (κ1) is 19.2. The van der Waals surface area contributed by atoms with Crippen LogP contribution in [0.1, 0.15) is 21.5 Å². The molecule has 1 N–H and O–H groups in total. The number of methoxy groups -OCH3 is 1. The fourth-order valence-electron chi connectivity index (χ4n) is 2.88. The SMILES string of the molecule is COC(=O)c1ccccc1NC(=O)N(Cc1ccccc1)Cc1ccccc1. The maximum atomic E-state index is 13.0. The van der Waals surface area contributed by atoms with E-state index >= 15 is 0 Å². The number of nitrogens with one attached hydrogen (secondary N) is 1. The van der Waals surface area contributed by atoms with E-state index in [4.69, 9.17) is 4.74 Å². The van der Waals surface area contributed by atoms with Gasteiger partial charge in [0.25, 0.3) is 0 Å². The van der Waals surface area contributed by atoms with Crippen molar-refractivity contribution in [1.29, 1.82) is 0 Å². The molecule has 3 rings (SSSR count). The summed E-state index contributed by atoms with van der Waals surface area (Å²) in [4.78, 5) is 26.7. The van der Waals surface area contributed by atoms with E-state index in [1.54, 1.807) is 29.2 Å². The first-order chi connectivity index (χ1) is 13.7. The molecule has 0 heterocycles. The molecule has 3 aromatic rings. The van der Waals surface area contributed by atoms with Gasteiger partial charge in [-0.05, 0) is 23.3 Å². The molecule has 5 heteroatoms. The molecule has 5 nitrogen and oxygen atoms in total. The van der Waals surface area contributed by atoms with Gasteiger partial charge in [-0.1, -0.05) is 72.8 Å². The van der Waals surface area contributed by atoms with Crippen molar-refractivity contribution in [2.45, 2.75) is 13.1 Å². The minimum absolute atomic E-state index is 0.288. The van der Waals surface area contributed by atoms with Gasteiger partial charge in [-0.2, -0.15) is 0 Å². The molecule has 0 spiro atoms. The smallest absolute Gasteiger partial charge is 0.339 e. The summed E-state index contributed by atoms with van der Waals surface area (Å²) in [5.74, 6) is -0.492. The Balaban J connectivity index is 1.83. The van der Waals surface area contributed by atoms with Gasteiger partial charge in [0.15, 0.2) is 0 Å². The van der Waals surface area contributed by atoms with Crippen molar-refractivity contribution < 1.29 is 14.3 Å². The topological polar surface area (TPSA) is 58.6 Å². The number of anilines is 1. The molecule has 0 aliphatic carbocycles. The van der Waals surface area contributed by atoms with Crippen molar-refractivity contribution in [2.75, 3.05) is 12.4 Å². The summed E-state index contributed by atoms with van der Waals surface area (Å²) < 4.78 is 4.81. The molecule has 0 aliphatic rings. The fraction of sp³-hybridized carbons (Fsp3) is 0.130. The lowest BCUT2D eigenvalue weighted by Crippen LogP contribution is -2.34. The maximum absolute atomic E-state index is 13.0. The summed E-state index contributed by atoms with van der Waals surface area (Å²) in [7, 11) is 1.32. The van der Waals surface area contributed by atoms with Crippen LogP contribution in [0.4, 0.5) is 10.5 Å². The summed E-state index contributed by atoms with van der Waals surface area (Å²) in [6.45, 7) is 0.893. The largest absolute Gasteiger partial charge is 0.465 e. The third-order valence-electron chi connectivity index (χ3n) is 4.29. The molecule has 28 heavy (non-hydrogen) atoms. The van der Waals surface area contributed by atoms with Crippen LogP contribution in [-0.2, 0) is 17.8 Å². The van der Waals surface area contributed by atoms with Gasteiger partial charge in [0, 0.05) is 13.1 Å². The number of amides is 2. The molecule has 0 radical (unpaired) electrons. The highest BCUT2D eigenvalue weighted by Gasteiger charge is 2.18. The normalized spacial score (nSPS) is 10.2. The number of rotatable bonds is 6. The van der Waals surface area contributed by atoms with Gasteiger partial charge in [-0.3, -0.25) is 0 Å². The van der Waals surface area contributed by atoms with Crippen LogP contribution in [0.15, 0.2) is 84.9 Å². The third-order valence-corrected chi connectivity index (χ3v) is 4.29. The molecule has 0 unspecified atom stereocenters. The highest BCUT2D eigenvalue weighted by atomic mass is 16.5.